The van der Waals surface area contributed by atoms with Gasteiger partial charge in [-0.25, -0.2) is 19.0 Å². The first kappa shape index (κ1) is 26.8. The van der Waals surface area contributed by atoms with Crippen LogP contribution in [-0.2, 0) is 4.79 Å². The molecule has 9 nitrogen and oxygen atoms in total. The van der Waals surface area contributed by atoms with Crippen LogP contribution in [0.3, 0.4) is 0 Å². The molecule has 4 aromatic rings. The summed E-state index contributed by atoms with van der Waals surface area (Å²) < 4.78 is 22.2. The molecular weight excluding hydrogens is 509 g/mol. The Labute approximate surface area is 231 Å². The highest BCUT2D eigenvalue weighted by molar-refractivity contribution is 6.00. The molecule has 1 aliphatic heterocycles. The monoisotopic (exact) mass is 539 g/mol. The number of nitriles is 1. The maximum atomic E-state index is 14.4. The highest BCUT2D eigenvalue weighted by atomic mass is 19.1. The minimum absolute atomic E-state index is 0.0842. The summed E-state index contributed by atoms with van der Waals surface area (Å²) in [5.74, 6) is -0.0540. The Kier molecular flexibility index (Phi) is 7.22. The van der Waals surface area contributed by atoms with Gasteiger partial charge in [0, 0.05) is 18.7 Å². The number of ether oxygens (including phenoxy) is 1. The number of carbonyl (C=O) groups is 1. The van der Waals surface area contributed by atoms with E-state index in [9.17, 15) is 14.4 Å². The number of hydrogen-bond donors (Lipinski definition) is 1. The minimum Gasteiger partial charge on any atom is -0.454 e. The van der Waals surface area contributed by atoms with Crippen molar-refractivity contribution in [3.63, 3.8) is 0 Å². The first-order valence-corrected chi connectivity index (χ1v) is 13.1. The summed E-state index contributed by atoms with van der Waals surface area (Å²) in [6, 6.07) is 15.2. The number of nitrogens with two attached hydrogens (primary N) is 1. The summed E-state index contributed by atoms with van der Waals surface area (Å²) in [6.45, 7) is 6.75. The van der Waals surface area contributed by atoms with Crippen LogP contribution in [-0.4, -0.2) is 43.6 Å². The lowest BCUT2D eigenvalue weighted by Crippen LogP contribution is -2.41. The van der Waals surface area contributed by atoms with Gasteiger partial charge in [0.1, 0.15) is 35.2 Å². The molecule has 0 radical (unpaired) electrons. The highest BCUT2D eigenvalue weighted by Crippen LogP contribution is 2.39. The number of hydrogen-bond acceptors (Lipinski definition) is 7. The number of nitrogen functional groups attached to an aromatic ring is 1. The SMILES string of the molecule is CC(C)(C)C=C(C#N)C(=O)N1CCC[C@@H](n2nc(-c3ccccc3Oc3ccccc3F)c3c(N)ncnc32)C1. The minimum atomic E-state index is -0.486. The summed E-state index contributed by atoms with van der Waals surface area (Å²) in [7, 11) is 0. The van der Waals surface area contributed by atoms with Crippen molar-refractivity contribution >= 4 is 22.8 Å². The Morgan fingerprint density at radius 1 is 1.15 bits per heavy atom. The molecule has 2 N–H and O–H groups in total. The quantitative estimate of drug-likeness (QED) is 0.256. The second-order valence-electron chi connectivity index (χ2n) is 10.9. The third-order valence-corrected chi connectivity index (χ3v) is 6.67. The predicted octanol–water partition coefficient (Wildman–Crippen LogP) is 5.67. The van der Waals surface area contributed by atoms with Crippen molar-refractivity contribution in [2.24, 2.45) is 5.41 Å². The fourth-order valence-electron chi connectivity index (χ4n) is 4.92. The smallest absolute Gasteiger partial charge is 0.264 e. The van der Waals surface area contributed by atoms with Gasteiger partial charge in [-0.2, -0.15) is 10.4 Å². The van der Waals surface area contributed by atoms with E-state index in [1.54, 1.807) is 46.0 Å². The molecule has 0 unspecified atom stereocenters. The van der Waals surface area contributed by atoms with E-state index in [1.165, 1.54) is 12.4 Å². The van der Waals surface area contributed by atoms with Crippen LogP contribution in [0.1, 0.15) is 39.7 Å². The van der Waals surface area contributed by atoms with Crippen molar-refractivity contribution in [1.82, 2.24) is 24.6 Å². The second kappa shape index (κ2) is 10.8. The normalized spacial score (nSPS) is 16.1. The molecule has 1 fully saturated rings. The number of likely N-dealkylation sites (tertiary alicyclic amines) is 1. The lowest BCUT2D eigenvalue weighted by molar-refractivity contribution is -0.128. The molecule has 2 aromatic carbocycles. The lowest BCUT2D eigenvalue weighted by Gasteiger charge is -2.33. The van der Waals surface area contributed by atoms with Crippen molar-refractivity contribution < 1.29 is 13.9 Å². The van der Waals surface area contributed by atoms with E-state index in [0.717, 1.165) is 12.8 Å². The third kappa shape index (κ3) is 5.36. The van der Waals surface area contributed by atoms with Gasteiger partial charge in [0.05, 0.1) is 11.4 Å². The Morgan fingerprint density at radius 2 is 1.88 bits per heavy atom. The number of nitrogens with zero attached hydrogens (tertiary/aromatic N) is 6. The van der Waals surface area contributed by atoms with Gasteiger partial charge in [-0.15, -0.1) is 0 Å². The van der Waals surface area contributed by atoms with Crippen LogP contribution in [0.25, 0.3) is 22.3 Å². The van der Waals surface area contributed by atoms with Gasteiger partial charge in [-0.1, -0.05) is 51.1 Å². The Morgan fingerprint density at radius 3 is 2.60 bits per heavy atom. The topological polar surface area (TPSA) is 123 Å². The van der Waals surface area contributed by atoms with Gasteiger partial charge in [0.2, 0.25) is 0 Å². The molecule has 10 heteroatoms. The summed E-state index contributed by atoms with van der Waals surface area (Å²) in [6.07, 6.45) is 4.57. The molecular formula is C30H30FN7O2. The number of para-hydroxylation sites is 2. The zero-order chi connectivity index (χ0) is 28.4. The Balaban J connectivity index is 1.55. The Hall–Kier alpha value is -4.78. The van der Waals surface area contributed by atoms with Crippen LogP contribution in [0, 0.1) is 22.6 Å². The standard InChI is InChI=1S/C30H30FN7O2/c1-30(2,3)15-19(16-32)29(39)37-14-8-9-20(17-37)38-28-25(27(33)34-18-35-28)26(36-38)21-10-4-6-12-23(21)40-24-13-7-5-11-22(24)31/h4-7,10-13,15,18,20H,8-9,14,17H2,1-3H3,(H2,33,34,35)/t20-/m1/s1. The molecule has 0 bridgehead atoms. The van der Waals surface area contributed by atoms with Crippen LogP contribution < -0.4 is 10.5 Å². The first-order valence-electron chi connectivity index (χ1n) is 13.1. The number of amides is 1. The maximum Gasteiger partial charge on any atom is 0.264 e. The number of fused-ring (bicyclic) bond motifs is 1. The van der Waals surface area contributed by atoms with Crippen molar-refractivity contribution in [2.75, 3.05) is 18.8 Å². The van der Waals surface area contributed by atoms with E-state index in [4.69, 9.17) is 15.6 Å². The van der Waals surface area contributed by atoms with Crippen LogP contribution in [0.15, 0.2) is 66.5 Å². The average molecular weight is 540 g/mol. The van der Waals surface area contributed by atoms with Crippen molar-refractivity contribution in [3.05, 3.63) is 72.3 Å². The van der Waals surface area contributed by atoms with Gasteiger partial charge >= 0.3 is 0 Å². The number of piperidine rings is 1. The summed E-state index contributed by atoms with van der Waals surface area (Å²) in [4.78, 5) is 23.7. The van der Waals surface area contributed by atoms with E-state index < -0.39 is 5.82 Å². The number of halogens is 1. The van der Waals surface area contributed by atoms with E-state index >= 15 is 0 Å². The average Bonchev–Trinajstić information content (AvgIpc) is 3.33. The van der Waals surface area contributed by atoms with Crippen LogP contribution >= 0.6 is 0 Å². The second-order valence-corrected chi connectivity index (χ2v) is 10.9. The fraction of sp³-hybridized carbons (Fsp3) is 0.300. The first-order chi connectivity index (χ1) is 19.2. The molecule has 2 aromatic heterocycles. The van der Waals surface area contributed by atoms with Crippen molar-refractivity contribution in [3.8, 4) is 28.8 Å². The van der Waals surface area contributed by atoms with Crippen LogP contribution in [0.2, 0.25) is 0 Å². The van der Waals surface area contributed by atoms with Gasteiger partial charge in [-0.05, 0) is 42.5 Å². The number of aromatic nitrogens is 4. The van der Waals surface area contributed by atoms with Crippen molar-refractivity contribution in [2.45, 2.75) is 39.7 Å². The summed E-state index contributed by atoms with van der Waals surface area (Å²) in [5, 5.41) is 15.1. The number of anilines is 1. The van der Waals surface area contributed by atoms with Crippen molar-refractivity contribution in [1.29, 1.82) is 5.26 Å². The molecule has 1 aliphatic rings. The molecule has 1 saturated heterocycles. The molecule has 204 valence electrons. The van der Waals surface area contributed by atoms with E-state index in [-0.39, 0.29) is 34.5 Å². The van der Waals surface area contributed by atoms with E-state index in [2.05, 4.69) is 16.0 Å². The van der Waals surface area contributed by atoms with Crippen LogP contribution in [0.5, 0.6) is 11.5 Å². The number of rotatable bonds is 5. The number of allylic oxidation sites excluding steroid dienone is 1. The van der Waals surface area contributed by atoms with Gasteiger partial charge in [0.15, 0.2) is 17.2 Å². The number of carbonyl (C=O) groups excluding carboxylic acids is 1. The van der Waals surface area contributed by atoms with Crippen LogP contribution in [0.4, 0.5) is 10.2 Å². The highest BCUT2D eigenvalue weighted by Gasteiger charge is 2.31. The summed E-state index contributed by atoms with van der Waals surface area (Å²) in [5.41, 5.74) is 7.78. The molecule has 0 aliphatic carbocycles. The molecule has 1 atom stereocenters. The molecule has 5 rings (SSSR count). The van der Waals surface area contributed by atoms with Gasteiger partial charge in [-0.3, -0.25) is 4.79 Å². The largest absolute Gasteiger partial charge is 0.454 e. The third-order valence-electron chi connectivity index (χ3n) is 6.67. The van der Waals surface area contributed by atoms with Gasteiger partial charge < -0.3 is 15.4 Å². The van der Waals surface area contributed by atoms with E-state index in [1.807, 2.05) is 32.9 Å². The Bertz CT molecular complexity index is 1650. The molecule has 0 saturated carbocycles. The number of benzene rings is 2. The summed E-state index contributed by atoms with van der Waals surface area (Å²) >= 11 is 0. The van der Waals surface area contributed by atoms with Gasteiger partial charge in [0.25, 0.3) is 5.91 Å². The van der Waals surface area contributed by atoms with E-state index in [0.29, 0.717) is 41.1 Å². The molecule has 40 heavy (non-hydrogen) atoms. The predicted molar refractivity (Wildman–Crippen MR) is 150 cm³/mol. The zero-order valence-corrected chi connectivity index (χ0v) is 22.6. The maximum absolute atomic E-state index is 14.4. The molecule has 1 amide bonds. The fourth-order valence-corrected chi connectivity index (χ4v) is 4.92. The molecule has 3 heterocycles. The zero-order valence-electron chi connectivity index (χ0n) is 22.6. The lowest BCUT2D eigenvalue weighted by atomic mass is 9.93. The molecule has 0 spiro atoms.